The molecular weight excluding hydrogens is 238 g/mol. The van der Waals surface area contributed by atoms with E-state index in [4.69, 9.17) is 0 Å². The lowest BCUT2D eigenvalue weighted by Crippen LogP contribution is -2.29. The molecule has 5 heteroatoms. The fourth-order valence-corrected chi connectivity index (χ4v) is 2.21. The predicted octanol–water partition coefficient (Wildman–Crippen LogP) is 1.86. The number of rotatable bonds is 8. The fraction of sp³-hybridized carbons (Fsp3) is 0.714. The monoisotopic (exact) mass is 265 g/mol. The standard InChI is InChI=1S/C14H27N5/c1-6-12-13(15-3)16-11-17-14(12)19(7-2)10-8-9-18(4)5/h11H,6-10H2,1-5H3,(H,15,16,17). The lowest BCUT2D eigenvalue weighted by atomic mass is 10.2. The highest BCUT2D eigenvalue weighted by atomic mass is 15.2. The third kappa shape index (κ3) is 4.35. The van der Waals surface area contributed by atoms with Crippen LogP contribution in [0.25, 0.3) is 0 Å². The Morgan fingerprint density at radius 1 is 1.16 bits per heavy atom. The van der Waals surface area contributed by atoms with Crippen molar-refractivity contribution in [2.75, 3.05) is 51.0 Å². The third-order valence-electron chi connectivity index (χ3n) is 3.23. The van der Waals surface area contributed by atoms with E-state index >= 15 is 0 Å². The van der Waals surface area contributed by atoms with Crippen LogP contribution in [0.3, 0.4) is 0 Å². The van der Waals surface area contributed by atoms with Gasteiger partial charge in [0.25, 0.3) is 0 Å². The zero-order valence-corrected chi connectivity index (χ0v) is 12.9. The van der Waals surface area contributed by atoms with Gasteiger partial charge in [0, 0.05) is 25.7 Å². The van der Waals surface area contributed by atoms with Crippen LogP contribution < -0.4 is 10.2 Å². The molecule has 0 aliphatic rings. The molecule has 1 rings (SSSR count). The van der Waals surface area contributed by atoms with Crippen LogP contribution in [0.5, 0.6) is 0 Å². The molecule has 1 N–H and O–H groups in total. The van der Waals surface area contributed by atoms with Crippen LogP contribution in [0.2, 0.25) is 0 Å². The molecule has 1 heterocycles. The van der Waals surface area contributed by atoms with E-state index in [1.165, 1.54) is 5.56 Å². The van der Waals surface area contributed by atoms with Gasteiger partial charge >= 0.3 is 0 Å². The van der Waals surface area contributed by atoms with E-state index in [0.29, 0.717) is 0 Å². The van der Waals surface area contributed by atoms with Crippen LogP contribution >= 0.6 is 0 Å². The molecule has 0 atom stereocenters. The van der Waals surface area contributed by atoms with Crippen molar-refractivity contribution in [3.63, 3.8) is 0 Å². The number of hydrogen-bond donors (Lipinski definition) is 1. The molecule has 108 valence electrons. The topological polar surface area (TPSA) is 44.3 Å². The Kier molecular flexibility index (Phi) is 6.56. The number of aromatic nitrogens is 2. The van der Waals surface area contributed by atoms with Gasteiger partial charge in [0.2, 0.25) is 0 Å². The molecule has 0 radical (unpaired) electrons. The number of hydrogen-bond acceptors (Lipinski definition) is 5. The van der Waals surface area contributed by atoms with E-state index in [2.05, 4.69) is 53.0 Å². The lowest BCUT2D eigenvalue weighted by Gasteiger charge is -2.25. The summed E-state index contributed by atoms with van der Waals surface area (Å²) in [4.78, 5) is 13.3. The first-order valence-corrected chi connectivity index (χ1v) is 7.05. The van der Waals surface area contributed by atoms with Crippen molar-refractivity contribution in [3.8, 4) is 0 Å². The average Bonchev–Trinajstić information content (AvgIpc) is 2.42. The first-order valence-electron chi connectivity index (χ1n) is 7.05. The third-order valence-corrected chi connectivity index (χ3v) is 3.23. The van der Waals surface area contributed by atoms with Crippen LogP contribution in [0.4, 0.5) is 11.6 Å². The molecule has 0 saturated carbocycles. The van der Waals surface area contributed by atoms with E-state index in [1.807, 2.05) is 7.05 Å². The maximum Gasteiger partial charge on any atom is 0.137 e. The summed E-state index contributed by atoms with van der Waals surface area (Å²) in [5.41, 5.74) is 1.21. The summed E-state index contributed by atoms with van der Waals surface area (Å²) in [7, 11) is 6.13. The highest BCUT2D eigenvalue weighted by molar-refractivity contribution is 5.58. The van der Waals surface area contributed by atoms with Crippen molar-refractivity contribution >= 4 is 11.6 Å². The Morgan fingerprint density at radius 3 is 2.42 bits per heavy atom. The molecule has 1 aromatic rings. The maximum absolute atomic E-state index is 4.49. The summed E-state index contributed by atoms with van der Waals surface area (Å²) in [6.45, 7) is 7.43. The highest BCUT2D eigenvalue weighted by Gasteiger charge is 2.14. The zero-order valence-electron chi connectivity index (χ0n) is 12.9. The second-order valence-electron chi connectivity index (χ2n) is 4.86. The van der Waals surface area contributed by atoms with Gasteiger partial charge in [-0.25, -0.2) is 9.97 Å². The highest BCUT2D eigenvalue weighted by Crippen LogP contribution is 2.23. The van der Waals surface area contributed by atoms with E-state index in [-0.39, 0.29) is 0 Å². The molecule has 0 fully saturated rings. The van der Waals surface area contributed by atoms with Crippen LogP contribution in [0.15, 0.2) is 6.33 Å². The van der Waals surface area contributed by atoms with Gasteiger partial charge in [0.15, 0.2) is 0 Å². The maximum atomic E-state index is 4.49. The Balaban J connectivity index is 2.85. The smallest absolute Gasteiger partial charge is 0.137 e. The molecule has 0 amide bonds. The van der Waals surface area contributed by atoms with E-state index < -0.39 is 0 Å². The van der Waals surface area contributed by atoms with Crippen molar-refractivity contribution in [1.82, 2.24) is 14.9 Å². The minimum atomic E-state index is 0.941. The van der Waals surface area contributed by atoms with E-state index in [1.54, 1.807) is 6.33 Å². The van der Waals surface area contributed by atoms with E-state index in [9.17, 15) is 0 Å². The molecule has 1 aromatic heterocycles. The second-order valence-corrected chi connectivity index (χ2v) is 4.86. The first-order chi connectivity index (χ1) is 9.13. The number of nitrogens with zero attached hydrogens (tertiary/aromatic N) is 4. The van der Waals surface area contributed by atoms with Crippen LogP contribution in [-0.4, -0.2) is 55.6 Å². The second kappa shape index (κ2) is 7.94. The quantitative estimate of drug-likeness (QED) is 0.777. The predicted molar refractivity (Wildman–Crippen MR) is 82.0 cm³/mol. The van der Waals surface area contributed by atoms with Crippen LogP contribution in [0, 0.1) is 0 Å². The SMILES string of the molecule is CCc1c(NC)ncnc1N(CC)CCCN(C)C. The summed E-state index contributed by atoms with van der Waals surface area (Å²) in [5.74, 6) is 2.02. The molecule has 0 saturated heterocycles. The normalized spacial score (nSPS) is 10.8. The molecule has 5 nitrogen and oxygen atoms in total. The molecule has 0 unspecified atom stereocenters. The molecule has 0 aliphatic heterocycles. The van der Waals surface area contributed by atoms with Gasteiger partial charge in [-0.05, 0) is 40.4 Å². The van der Waals surface area contributed by atoms with Gasteiger partial charge < -0.3 is 15.1 Å². The Morgan fingerprint density at radius 2 is 1.89 bits per heavy atom. The van der Waals surface area contributed by atoms with Gasteiger partial charge in [-0.3, -0.25) is 0 Å². The molecular formula is C14H27N5. The summed E-state index contributed by atoms with van der Waals surface area (Å²) in [6, 6.07) is 0. The Bertz CT molecular complexity index is 378. The van der Waals surface area contributed by atoms with Crippen LogP contribution in [-0.2, 0) is 6.42 Å². The van der Waals surface area contributed by atoms with Gasteiger partial charge in [-0.1, -0.05) is 6.92 Å². The van der Waals surface area contributed by atoms with Gasteiger partial charge in [-0.15, -0.1) is 0 Å². The number of anilines is 2. The molecule has 0 spiro atoms. The molecule has 0 bridgehead atoms. The Labute approximate surface area is 117 Å². The molecule has 0 aromatic carbocycles. The van der Waals surface area contributed by atoms with E-state index in [0.717, 1.165) is 44.1 Å². The van der Waals surface area contributed by atoms with Crippen LogP contribution in [0.1, 0.15) is 25.8 Å². The van der Waals surface area contributed by atoms with Crippen molar-refractivity contribution in [2.24, 2.45) is 0 Å². The van der Waals surface area contributed by atoms with Crippen molar-refractivity contribution in [1.29, 1.82) is 0 Å². The fourth-order valence-electron chi connectivity index (χ4n) is 2.21. The van der Waals surface area contributed by atoms with Gasteiger partial charge in [0.05, 0.1) is 0 Å². The molecule has 0 aliphatic carbocycles. The van der Waals surface area contributed by atoms with Gasteiger partial charge in [-0.2, -0.15) is 0 Å². The Hall–Kier alpha value is -1.36. The summed E-state index contributed by atoms with van der Waals surface area (Å²) >= 11 is 0. The first kappa shape index (κ1) is 15.7. The lowest BCUT2D eigenvalue weighted by molar-refractivity contribution is 0.400. The summed E-state index contributed by atoms with van der Waals surface area (Å²) in [6.07, 6.45) is 3.73. The zero-order chi connectivity index (χ0) is 14.3. The van der Waals surface area contributed by atoms with Crippen molar-refractivity contribution in [2.45, 2.75) is 26.7 Å². The minimum Gasteiger partial charge on any atom is -0.373 e. The van der Waals surface area contributed by atoms with Crippen molar-refractivity contribution < 1.29 is 0 Å². The minimum absolute atomic E-state index is 0.941. The molecule has 19 heavy (non-hydrogen) atoms. The summed E-state index contributed by atoms with van der Waals surface area (Å²) in [5, 5.41) is 3.15. The van der Waals surface area contributed by atoms with Gasteiger partial charge in [0.1, 0.15) is 18.0 Å². The summed E-state index contributed by atoms with van der Waals surface area (Å²) < 4.78 is 0. The average molecular weight is 265 g/mol. The largest absolute Gasteiger partial charge is 0.373 e. The van der Waals surface area contributed by atoms with Crippen molar-refractivity contribution in [3.05, 3.63) is 11.9 Å². The number of nitrogens with one attached hydrogen (secondary N) is 1.